The van der Waals surface area contributed by atoms with Gasteiger partial charge in [-0.3, -0.25) is 9.59 Å². The Morgan fingerprint density at radius 3 is 2.75 bits per heavy atom. The third-order valence-corrected chi connectivity index (χ3v) is 4.63. The van der Waals surface area contributed by atoms with Crippen molar-refractivity contribution in [1.82, 2.24) is 9.80 Å². The Kier molecular flexibility index (Phi) is 6.20. The van der Waals surface area contributed by atoms with Gasteiger partial charge in [-0.1, -0.05) is 18.2 Å². The molecule has 2 amide bonds. The van der Waals surface area contributed by atoms with Crippen LogP contribution in [-0.4, -0.2) is 60.6 Å². The molecule has 0 radical (unpaired) electrons. The molecule has 1 aromatic rings. The molecule has 0 aliphatic carbocycles. The molecule has 1 aliphatic rings. The van der Waals surface area contributed by atoms with Crippen molar-refractivity contribution in [2.75, 3.05) is 33.9 Å². The van der Waals surface area contributed by atoms with Crippen LogP contribution >= 0.6 is 0 Å². The molecule has 1 fully saturated rings. The standard InChI is InChI=1S/C18H26N2O4/c1-4-20-16(22)10-9-14(18(23)19(2)11-12-21)17(20)13-7-5-6-8-15(13)24-3/h5-8,14,17,21H,4,9-12H2,1-3H3/t14-,17+/m1/s1. The summed E-state index contributed by atoms with van der Waals surface area (Å²) in [6, 6.07) is 7.18. The predicted molar refractivity (Wildman–Crippen MR) is 90.6 cm³/mol. The zero-order valence-electron chi connectivity index (χ0n) is 14.6. The highest BCUT2D eigenvalue weighted by molar-refractivity contribution is 5.85. The molecule has 6 nitrogen and oxygen atoms in total. The van der Waals surface area contributed by atoms with Crippen LogP contribution in [0.15, 0.2) is 24.3 Å². The Labute approximate surface area is 143 Å². The lowest BCUT2D eigenvalue weighted by molar-refractivity contribution is -0.147. The number of benzene rings is 1. The molecule has 24 heavy (non-hydrogen) atoms. The normalized spacial score (nSPS) is 20.8. The highest BCUT2D eigenvalue weighted by atomic mass is 16.5. The van der Waals surface area contributed by atoms with Gasteiger partial charge in [0.15, 0.2) is 0 Å². The number of nitrogens with zero attached hydrogens (tertiary/aromatic N) is 2. The van der Waals surface area contributed by atoms with Gasteiger partial charge in [0.2, 0.25) is 11.8 Å². The van der Waals surface area contributed by atoms with Crippen LogP contribution in [0.25, 0.3) is 0 Å². The van der Waals surface area contributed by atoms with Crippen molar-refractivity contribution >= 4 is 11.8 Å². The Bertz CT molecular complexity index is 590. The molecule has 132 valence electrons. The van der Waals surface area contributed by atoms with Crippen LogP contribution < -0.4 is 4.74 Å². The van der Waals surface area contributed by atoms with Gasteiger partial charge >= 0.3 is 0 Å². The summed E-state index contributed by atoms with van der Waals surface area (Å²) in [5.74, 6) is 0.349. The van der Waals surface area contributed by atoms with E-state index in [-0.39, 0.29) is 36.9 Å². The summed E-state index contributed by atoms with van der Waals surface area (Å²) in [4.78, 5) is 28.6. The van der Waals surface area contributed by atoms with Crippen molar-refractivity contribution in [3.63, 3.8) is 0 Å². The first-order valence-corrected chi connectivity index (χ1v) is 8.33. The van der Waals surface area contributed by atoms with E-state index in [1.807, 2.05) is 31.2 Å². The fourth-order valence-corrected chi connectivity index (χ4v) is 3.42. The quantitative estimate of drug-likeness (QED) is 0.855. The molecule has 2 atom stereocenters. The molecule has 2 rings (SSSR count). The Morgan fingerprint density at radius 1 is 1.42 bits per heavy atom. The van der Waals surface area contributed by atoms with Crippen molar-refractivity contribution in [1.29, 1.82) is 0 Å². The first-order chi connectivity index (χ1) is 11.5. The van der Waals surface area contributed by atoms with Gasteiger partial charge < -0.3 is 19.6 Å². The van der Waals surface area contributed by atoms with Gasteiger partial charge in [0.05, 0.1) is 25.7 Å². The molecule has 0 unspecified atom stereocenters. The summed E-state index contributed by atoms with van der Waals surface area (Å²) in [5.41, 5.74) is 0.852. The van der Waals surface area contributed by atoms with Crippen LogP contribution in [0.3, 0.4) is 0 Å². The third kappa shape index (κ3) is 3.53. The number of carbonyl (C=O) groups is 2. The fourth-order valence-electron chi connectivity index (χ4n) is 3.42. The lowest BCUT2D eigenvalue weighted by Gasteiger charge is -2.41. The number of aliphatic hydroxyl groups is 1. The van der Waals surface area contributed by atoms with E-state index in [1.165, 1.54) is 4.90 Å². The smallest absolute Gasteiger partial charge is 0.227 e. The minimum atomic E-state index is -0.346. The fraction of sp³-hybridized carbons (Fsp3) is 0.556. The monoisotopic (exact) mass is 334 g/mol. The second-order valence-electron chi connectivity index (χ2n) is 6.00. The molecule has 1 N–H and O–H groups in total. The molecular formula is C18H26N2O4. The zero-order chi connectivity index (χ0) is 17.7. The molecule has 6 heteroatoms. The Hall–Kier alpha value is -2.08. The minimum Gasteiger partial charge on any atom is -0.496 e. The Balaban J connectivity index is 2.44. The van der Waals surface area contributed by atoms with Gasteiger partial charge in [-0.2, -0.15) is 0 Å². The summed E-state index contributed by atoms with van der Waals surface area (Å²) in [5, 5.41) is 9.11. The minimum absolute atomic E-state index is 0.0501. The van der Waals surface area contributed by atoms with Crippen molar-refractivity contribution in [2.45, 2.75) is 25.8 Å². The molecule has 0 saturated carbocycles. The largest absolute Gasteiger partial charge is 0.496 e. The van der Waals surface area contributed by atoms with E-state index in [1.54, 1.807) is 19.1 Å². The van der Waals surface area contributed by atoms with E-state index in [2.05, 4.69) is 0 Å². The van der Waals surface area contributed by atoms with Crippen molar-refractivity contribution < 1.29 is 19.4 Å². The zero-order valence-corrected chi connectivity index (χ0v) is 14.6. The second-order valence-corrected chi connectivity index (χ2v) is 6.00. The topological polar surface area (TPSA) is 70.1 Å². The van der Waals surface area contributed by atoms with Gasteiger partial charge in [0, 0.05) is 32.1 Å². The highest BCUT2D eigenvalue weighted by Gasteiger charge is 2.41. The molecule has 1 aromatic carbocycles. The number of ether oxygens (including phenoxy) is 1. The van der Waals surface area contributed by atoms with Crippen LogP contribution in [0.1, 0.15) is 31.4 Å². The van der Waals surface area contributed by atoms with Gasteiger partial charge in [0.1, 0.15) is 5.75 Å². The van der Waals surface area contributed by atoms with E-state index in [4.69, 9.17) is 9.84 Å². The SMILES string of the molecule is CCN1C(=O)CC[C@@H](C(=O)N(C)CCO)[C@@H]1c1ccccc1OC. The second kappa shape index (κ2) is 8.15. The molecule has 1 aliphatic heterocycles. The van der Waals surface area contributed by atoms with Gasteiger partial charge in [0.25, 0.3) is 0 Å². The van der Waals surface area contributed by atoms with Crippen LogP contribution in [0, 0.1) is 5.92 Å². The molecule has 0 spiro atoms. The van der Waals surface area contributed by atoms with Crippen LogP contribution in [-0.2, 0) is 9.59 Å². The van der Waals surface area contributed by atoms with Crippen molar-refractivity contribution in [2.24, 2.45) is 5.92 Å². The summed E-state index contributed by atoms with van der Waals surface area (Å²) in [7, 11) is 3.28. The number of carbonyl (C=O) groups excluding carboxylic acids is 2. The average molecular weight is 334 g/mol. The maximum Gasteiger partial charge on any atom is 0.227 e. The van der Waals surface area contributed by atoms with E-state index < -0.39 is 0 Å². The lowest BCUT2D eigenvalue weighted by Crippen LogP contribution is -2.48. The number of methoxy groups -OCH3 is 1. The molecule has 0 bridgehead atoms. The number of likely N-dealkylation sites (tertiary alicyclic amines) is 1. The molecule has 1 heterocycles. The van der Waals surface area contributed by atoms with Crippen LogP contribution in [0.2, 0.25) is 0 Å². The molecule has 0 aromatic heterocycles. The summed E-state index contributed by atoms with van der Waals surface area (Å²) < 4.78 is 5.46. The van der Waals surface area contributed by atoms with Gasteiger partial charge in [-0.05, 0) is 19.4 Å². The Morgan fingerprint density at radius 2 is 2.12 bits per heavy atom. The summed E-state index contributed by atoms with van der Waals surface area (Å²) in [6.07, 6.45) is 0.871. The average Bonchev–Trinajstić information content (AvgIpc) is 2.60. The number of hydrogen-bond donors (Lipinski definition) is 1. The summed E-state index contributed by atoms with van der Waals surface area (Å²) >= 11 is 0. The number of amides is 2. The van der Waals surface area contributed by atoms with E-state index >= 15 is 0 Å². The van der Waals surface area contributed by atoms with E-state index in [0.717, 1.165) is 5.56 Å². The lowest BCUT2D eigenvalue weighted by atomic mass is 9.83. The predicted octanol–water partition coefficient (Wildman–Crippen LogP) is 1.45. The number of rotatable bonds is 6. The van der Waals surface area contributed by atoms with Crippen LogP contribution in [0.4, 0.5) is 0 Å². The maximum atomic E-state index is 12.9. The number of hydrogen-bond acceptors (Lipinski definition) is 4. The first-order valence-electron chi connectivity index (χ1n) is 8.33. The number of para-hydroxylation sites is 1. The van der Waals surface area contributed by atoms with Crippen molar-refractivity contribution in [3.05, 3.63) is 29.8 Å². The molecule has 1 saturated heterocycles. The molecular weight excluding hydrogens is 308 g/mol. The highest BCUT2D eigenvalue weighted by Crippen LogP contribution is 2.41. The maximum absolute atomic E-state index is 12.9. The first kappa shape index (κ1) is 18.3. The van der Waals surface area contributed by atoms with Crippen molar-refractivity contribution in [3.8, 4) is 5.75 Å². The van der Waals surface area contributed by atoms with Gasteiger partial charge in [-0.15, -0.1) is 0 Å². The van der Waals surface area contributed by atoms with Crippen LogP contribution in [0.5, 0.6) is 5.75 Å². The van der Waals surface area contributed by atoms with E-state index in [0.29, 0.717) is 25.1 Å². The number of aliphatic hydroxyl groups excluding tert-OH is 1. The number of likely N-dealkylation sites (N-methyl/N-ethyl adjacent to an activating group) is 1. The van der Waals surface area contributed by atoms with Gasteiger partial charge in [-0.25, -0.2) is 0 Å². The third-order valence-electron chi connectivity index (χ3n) is 4.63. The van der Waals surface area contributed by atoms with E-state index in [9.17, 15) is 9.59 Å². The summed E-state index contributed by atoms with van der Waals surface area (Å²) in [6.45, 7) is 2.67. The number of piperidine rings is 1.